The van der Waals surface area contributed by atoms with E-state index in [2.05, 4.69) is 15.5 Å². The van der Waals surface area contributed by atoms with E-state index < -0.39 is 36.3 Å². The molecule has 3 rings (SSSR count). The third kappa shape index (κ3) is 4.85. The maximum atomic E-state index is 13.4. The Bertz CT molecular complexity index is 1190. The van der Waals surface area contributed by atoms with Gasteiger partial charge in [0.15, 0.2) is 6.61 Å². The molecular weight excluding hydrogens is 433 g/mol. The first-order valence-corrected chi connectivity index (χ1v) is 9.30. The van der Waals surface area contributed by atoms with E-state index in [0.717, 1.165) is 12.1 Å². The maximum absolute atomic E-state index is 13.4. The number of pyridine rings is 1. The molecule has 0 unspecified atom stereocenters. The number of alkyl halides is 3. The molecule has 2 N–H and O–H groups in total. The number of imide groups is 1. The van der Waals surface area contributed by atoms with Crippen LogP contribution < -0.4 is 10.6 Å². The number of carbonyl (C=O) groups excluding carboxylic acids is 3. The van der Waals surface area contributed by atoms with Crippen molar-refractivity contribution in [1.29, 1.82) is 0 Å². The summed E-state index contributed by atoms with van der Waals surface area (Å²) in [6.45, 7) is 2.64. The van der Waals surface area contributed by atoms with Gasteiger partial charge >= 0.3 is 18.2 Å². The second-order valence-electron chi connectivity index (χ2n) is 6.53. The van der Waals surface area contributed by atoms with Crippen LogP contribution in [0.15, 0.2) is 34.9 Å². The smallest absolute Gasteiger partial charge is 0.417 e. The quantitative estimate of drug-likeness (QED) is 0.572. The molecule has 0 spiro atoms. The summed E-state index contributed by atoms with van der Waals surface area (Å²) in [4.78, 5) is 39.9. The Balaban J connectivity index is 1.96. The number of hydrogen-bond acceptors (Lipinski definition) is 7. The van der Waals surface area contributed by atoms with Crippen LogP contribution in [-0.2, 0) is 15.7 Å². The number of ether oxygens (including phenoxy) is 1. The van der Waals surface area contributed by atoms with Crippen LogP contribution >= 0.6 is 0 Å². The molecule has 0 aliphatic carbocycles. The third-order valence-electron chi connectivity index (χ3n) is 4.27. The first-order valence-electron chi connectivity index (χ1n) is 9.30. The number of carbonyl (C=O) groups is 3. The van der Waals surface area contributed by atoms with Gasteiger partial charge in [0.05, 0.1) is 27.9 Å². The van der Waals surface area contributed by atoms with Gasteiger partial charge in [-0.05, 0) is 26.0 Å². The zero-order chi connectivity index (χ0) is 23.5. The van der Waals surface area contributed by atoms with Crippen LogP contribution in [-0.4, -0.2) is 41.2 Å². The minimum atomic E-state index is -4.66. The SMILES string of the molecule is CCNC(=O)NC(=O)COC(=O)c1cc(-c2ccccc2C(F)(F)F)nc2onc(C)c12. The Morgan fingerprint density at radius 3 is 2.59 bits per heavy atom. The summed E-state index contributed by atoms with van der Waals surface area (Å²) in [5.74, 6) is -1.92. The van der Waals surface area contributed by atoms with Gasteiger partial charge in [0, 0.05) is 12.1 Å². The molecule has 12 heteroatoms. The molecule has 0 bridgehead atoms. The summed E-state index contributed by atoms with van der Waals surface area (Å²) < 4.78 is 50.3. The molecule has 0 fully saturated rings. The molecule has 0 aliphatic rings. The number of benzene rings is 1. The first kappa shape index (κ1) is 22.7. The molecule has 168 valence electrons. The highest BCUT2D eigenvalue weighted by atomic mass is 19.4. The monoisotopic (exact) mass is 450 g/mol. The number of amides is 3. The lowest BCUT2D eigenvalue weighted by Crippen LogP contribution is -2.41. The predicted octanol–water partition coefficient (Wildman–Crippen LogP) is 3.22. The number of fused-ring (bicyclic) bond motifs is 1. The fourth-order valence-corrected chi connectivity index (χ4v) is 2.92. The molecule has 1 aromatic carbocycles. The van der Waals surface area contributed by atoms with Crippen LogP contribution in [0.25, 0.3) is 22.4 Å². The van der Waals surface area contributed by atoms with Gasteiger partial charge < -0.3 is 14.6 Å². The molecule has 9 nitrogen and oxygen atoms in total. The summed E-state index contributed by atoms with van der Waals surface area (Å²) in [7, 11) is 0. The summed E-state index contributed by atoms with van der Waals surface area (Å²) in [5.41, 5.74) is -1.54. The van der Waals surface area contributed by atoms with Crippen molar-refractivity contribution in [2.24, 2.45) is 0 Å². The van der Waals surface area contributed by atoms with Crippen molar-refractivity contribution in [3.05, 3.63) is 47.2 Å². The van der Waals surface area contributed by atoms with Crippen molar-refractivity contribution in [2.45, 2.75) is 20.0 Å². The molecule has 0 saturated heterocycles. The molecule has 2 heterocycles. The van der Waals surface area contributed by atoms with Crippen molar-refractivity contribution >= 4 is 29.0 Å². The van der Waals surface area contributed by atoms with E-state index in [4.69, 9.17) is 9.26 Å². The van der Waals surface area contributed by atoms with E-state index in [1.54, 1.807) is 6.92 Å². The van der Waals surface area contributed by atoms with E-state index in [1.807, 2.05) is 5.32 Å². The molecule has 2 aromatic heterocycles. The topological polar surface area (TPSA) is 123 Å². The van der Waals surface area contributed by atoms with E-state index in [-0.39, 0.29) is 40.2 Å². The van der Waals surface area contributed by atoms with Crippen molar-refractivity contribution in [3.63, 3.8) is 0 Å². The lowest BCUT2D eigenvalue weighted by molar-refractivity contribution is -0.137. The van der Waals surface area contributed by atoms with Crippen molar-refractivity contribution in [3.8, 4) is 11.3 Å². The largest absolute Gasteiger partial charge is 0.452 e. The predicted molar refractivity (Wildman–Crippen MR) is 104 cm³/mol. The Hall–Kier alpha value is -3.96. The number of urea groups is 1. The van der Waals surface area contributed by atoms with Crippen molar-refractivity contribution in [2.75, 3.05) is 13.2 Å². The number of aryl methyl sites for hydroxylation is 1. The minimum absolute atomic E-state index is 0.132. The van der Waals surface area contributed by atoms with Gasteiger partial charge in [0.2, 0.25) is 0 Å². The highest BCUT2D eigenvalue weighted by molar-refractivity contribution is 6.05. The Morgan fingerprint density at radius 2 is 1.91 bits per heavy atom. The number of hydrogen-bond donors (Lipinski definition) is 2. The lowest BCUT2D eigenvalue weighted by atomic mass is 10.0. The normalized spacial score (nSPS) is 11.3. The van der Waals surface area contributed by atoms with Gasteiger partial charge in [-0.2, -0.15) is 13.2 Å². The van der Waals surface area contributed by atoms with Gasteiger partial charge in [-0.3, -0.25) is 10.1 Å². The van der Waals surface area contributed by atoms with Gasteiger partial charge in [-0.25, -0.2) is 14.6 Å². The summed E-state index contributed by atoms with van der Waals surface area (Å²) >= 11 is 0. The highest BCUT2D eigenvalue weighted by Gasteiger charge is 2.34. The molecule has 32 heavy (non-hydrogen) atoms. The molecule has 3 amide bonds. The zero-order valence-electron chi connectivity index (χ0n) is 16.9. The molecule has 0 saturated carbocycles. The Morgan fingerprint density at radius 1 is 1.19 bits per heavy atom. The fraction of sp³-hybridized carbons (Fsp3) is 0.250. The zero-order valence-corrected chi connectivity index (χ0v) is 16.9. The lowest BCUT2D eigenvalue weighted by Gasteiger charge is -2.13. The Kier molecular flexibility index (Phi) is 6.42. The van der Waals surface area contributed by atoms with Crippen molar-refractivity contribution in [1.82, 2.24) is 20.8 Å². The molecule has 0 aliphatic heterocycles. The van der Waals surface area contributed by atoms with E-state index >= 15 is 0 Å². The summed E-state index contributed by atoms with van der Waals surface area (Å²) in [5, 5.41) is 8.12. The average Bonchev–Trinajstić information content (AvgIpc) is 3.11. The number of aromatic nitrogens is 2. The number of nitrogens with zero attached hydrogens (tertiary/aromatic N) is 2. The average molecular weight is 450 g/mol. The van der Waals surface area contributed by atoms with Crippen LogP contribution in [0.1, 0.15) is 28.5 Å². The minimum Gasteiger partial charge on any atom is -0.452 e. The van der Waals surface area contributed by atoms with Crippen LogP contribution in [0, 0.1) is 6.92 Å². The van der Waals surface area contributed by atoms with E-state index in [9.17, 15) is 27.6 Å². The van der Waals surface area contributed by atoms with Crippen LogP contribution in [0.5, 0.6) is 0 Å². The number of halogens is 3. The van der Waals surface area contributed by atoms with Gasteiger partial charge in [-0.1, -0.05) is 23.4 Å². The van der Waals surface area contributed by atoms with E-state index in [1.165, 1.54) is 25.1 Å². The van der Waals surface area contributed by atoms with Crippen LogP contribution in [0.2, 0.25) is 0 Å². The number of esters is 1. The second-order valence-corrected chi connectivity index (χ2v) is 6.53. The molecule has 3 aromatic rings. The second kappa shape index (κ2) is 9.04. The third-order valence-corrected chi connectivity index (χ3v) is 4.27. The van der Waals surface area contributed by atoms with Gasteiger partial charge in [-0.15, -0.1) is 0 Å². The first-order chi connectivity index (χ1) is 15.1. The van der Waals surface area contributed by atoms with Crippen molar-refractivity contribution < 1.29 is 36.8 Å². The molecular formula is C20H17F3N4O5. The van der Waals surface area contributed by atoms with Crippen LogP contribution in [0.3, 0.4) is 0 Å². The van der Waals surface area contributed by atoms with Crippen LogP contribution in [0.4, 0.5) is 18.0 Å². The van der Waals surface area contributed by atoms with E-state index in [0.29, 0.717) is 0 Å². The summed E-state index contributed by atoms with van der Waals surface area (Å²) in [6.07, 6.45) is -4.66. The van der Waals surface area contributed by atoms with Gasteiger partial charge in [0.1, 0.15) is 0 Å². The summed E-state index contributed by atoms with van der Waals surface area (Å²) in [6, 6.07) is 5.06. The Labute approximate surface area is 178 Å². The number of nitrogens with one attached hydrogen (secondary N) is 2. The molecule has 0 atom stereocenters. The fourth-order valence-electron chi connectivity index (χ4n) is 2.92. The number of rotatable bonds is 5. The van der Waals surface area contributed by atoms with Gasteiger partial charge in [0.25, 0.3) is 11.6 Å². The molecule has 0 radical (unpaired) electrons. The standard InChI is InChI=1S/C20H17F3N4O5/c1-3-24-19(30)26-15(28)9-31-18(29)12-8-14(25-17-16(12)10(2)27-32-17)11-6-4-5-7-13(11)20(21,22)23/h4-8H,3,9H2,1-2H3,(H2,24,26,28,30). The maximum Gasteiger partial charge on any atom is 0.417 e. The highest BCUT2D eigenvalue weighted by Crippen LogP contribution is 2.37.